The number of anilines is 1. The first-order chi connectivity index (χ1) is 14.5. The van der Waals surface area contributed by atoms with Crippen molar-refractivity contribution in [3.05, 3.63) is 101 Å². The van der Waals surface area contributed by atoms with Crippen LogP contribution in [0.25, 0.3) is 0 Å². The summed E-state index contributed by atoms with van der Waals surface area (Å²) in [6, 6.07) is 22.8. The quantitative estimate of drug-likeness (QED) is 0.378. The lowest BCUT2D eigenvalue weighted by atomic mass is 10.1. The highest BCUT2D eigenvalue weighted by molar-refractivity contribution is 9.10. The average molecular weight is 466 g/mol. The summed E-state index contributed by atoms with van der Waals surface area (Å²) in [7, 11) is 0. The number of hydrogen-bond acceptors (Lipinski definition) is 3. The summed E-state index contributed by atoms with van der Waals surface area (Å²) in [5.74, 6) is 0.966. The molecular weight excluding hydrogens is 442 g/mol. The van der Waals surface area contributed by atoms with E-state index in [0.717, 1.165) is 16.5 Å². The number of amides is 1. The number of halogens is 1. The molecule has 3 rings (SSSR count). The summed E-state index contributed by atoms with van der Waals surface area (Å²) in [5, 5.41) is 2.92. The van der Waals surface area contributed by atoms with Crippen LogP contribution in [-0.2, 0) is 6.42 Å². The standard InChI is InChI=1S/C25H24BrNO3/c1-18(2)17-30-22-10-6-9-21(16-22)27-25(28)23-15-20(26)11-12-24(23)29-14-13-19-7-4-3-5-8-19/h3-12,15-16H,1,13-14,17H2,2H3,(H,27,28). The predicted octanol–water partition coefficient (Wildman–Crippen LogP) is 6.28. The van der Waals surface area contributed by atoms with Crippen LogP contribution in [0.3, 0.4) is 0 Å². The van der Waals surface area contributed by atoms with E-state index in [1.807, 2.05) is 49.4 Å². The van der Waals surface area contributed by atoms with Crippen LogP contribution in [0, 0.1) is 0 Å². The molecule has 1 N–H and O–H groups in total. The Bertz CT molecular complexity index is 1020. The van der Waals surface area contributed by atoms with Gasteiger partial charge in [-0.15, -0.1) is 0 Å². The third kappa shape index (κ3) is 6.49. The van der Waals surface area contributed by atoms with E-state index in [1.165, 1.54) is 5.56 Å². The Hall–Kier alpha value is -3.05. The van der Waals surface area contributed by atoms with Crippen LogP contribution in [0.2, 0.25) is 0 Å². The van der Waals surface area contributed by atoms with Gasteiger partial charge in [-0.25, -0.2) is 0 Å². The number of ether oxygens (including phenoxy) is 2. The second kappa shape index (κ2) is 10.6. The van der Waals surface area contributed by atoms with E-state index < -0.39 is 0 Å². The fourth-order valence-electron chi connectivity index (χ4n) is 2.80. The van der Waals surface area contributed by atoms with E-state index in [1.54, 1.807) is 18.2 Å². The Kier molecular flexibility index (Phi) is 7.69. The molecule has 0 fully saturated rings. The van der Waals surface area contributed by atoms with Crippen molar-refractivity contribution in [1.29, 1.82) is 0 Å². The molecule has 0 heterocycles. The third-order valence-corrected chi connectivity index (χ3v) is 4.75. The largest absolute Gasteiger partial charge is 0.492 e. The van der Waals surface area contributed by atoms with Crippen molar-refractivity contribution in [3.63, 3.8) is 0 Å². The minimum atomic E-state index is -0.247. The van der Waals surface area contributed by atoms with Gasteiger partial charge in [0.1, 0.15) is 18.1 Å². The molecule has 1 amide bonds. The lowest BCUT2D eigenvalue weighted by Gasteiger charge is -2.13. The molecule has 3 aromatic carbocycles. The van der Waals surface area contributed by atoms with Gasteiger partial charge < -0.3 is 14.8 Å². The molecule has 154 valence electrons. The summed E-state index contributed by atoms with van der Waals surface area (Å²) in [5.41, 5.74) is 3.23. The first kappa shape index (κ1) is 21.7. The fourth-order valence-corrected chi connectivity index (χ4v) is 3.16. The zero-order valence-corrected chi connectivity index (χ0v) is 18.4. The molecule has 0 aromatic heterocycles. The summed E-state index contributed by atoms with van der Waals surface area (Å²) < 4.78 is 12.4. The SMILES string of the molecule is C=C(C)COc1cccc(NC(=O)c2cc(Br)ccc2OCCc2ccccc2)c1. The van der Waals surface area contributed by atoms with Crippen LogP contribution in [0.4, 0.5) is 5.69 Å². The molecular formula is C25H24BrNO3. The molecule has 0 atom stereocenters. The highest BCUT2D eigenvalue weighted by atomic mass is 79.9. The maximum atomic E-state index is 12.9. The van der Waals surface area contributed by atoms with Gasteiger partial charge in [-0.3, -0.25) is 4.79 Å². The van der Waals surface area contributed by atoms with Gasteiger partial charge in [-0.2, -0.15) is 0 Å². The van der Waals surface area contributed by atoms with Crippen LogP contribution >= 0.6 is 15.9 Å². The predicted molar refractivity (Wildman–Crippen MR) is 124 cm³/mol. The number of hydrogen-bond donors (Lipinski definition) is 1. The van der Waals surface area contributed by atoms with E-state index >= 15 is 0 Å². The maximum Gasteiger partial charge on any atom is 0.259 e. The number of benzene rings is 3. The molecule has 3 aromatic rings. The Morgan fingerprint density at radius 1 is 1.00 bits per heavy atom. The summed E-state index contributed by atoms with van der Waals surface area (Å²) >= 11 is 3.44. The van der Waals surface area contributed by atoms with Gasteiger partial charge in [-0.1, -0.05) is 58.9 Å². The van der Waals surface area contributed by atoms with Gasteiger partial charge in [0.25, 0.3) is 5.91 Å². The highest BCUT2D eigenvalue weighted by Gasteiger charge is 2.14. The summed E-state index contributed by atoms with van der Waals surface area (Å²) in [4.78, 5) is 12.9. The summed E-state index contributed by atoms with van der Waals surface area (Å²) in [6.07, 6.45) is 0.764. The van der Waals surface area contributed by atoms with Gasteiger partial charge in [0.15, 0.2) is 0 Å². The second-order valence-corrected chi connectivity index (χ2v) is 7.87. The Labute approximate surface area is 185 Å². The number of nitrogens with one attached hydrogen (secondary N) is 1. The first-order valence-electron chi connectivity index (χ1n) is 9.66. The minimum absolute atomic E-state index is 0.247. The highest BCUT2D eigenvalue weighted by Crippen LogP contribution is 2.26. The maximum absolute atomic E-state index is 12.9. The Morgan fingerprint density at radius 2 is 1.80 bits per heavy atom. The van der Waals surface area contributed by atoms with Crippen molar-refractivity contribution in [1.82, 2.24) is 0 Å². The smallest absolute Gasteiger partial charge is 0.259 e. The van der Waals surface area contributed by atoms with Crippen molar-refractivity contribution in [2.75, 3.05) is 18.5 Å². The van der Waals surface area contributed by atoms with Crippen LogP contribution in [-0.4, -0.2) is 19.1 Å². The zero-order valence-electron chi connectivity index (χ0n) is 16.9. The van der Waals surface area contributed by atoms with Gasteiger partial charge in [0.2, 0.25) is 0 Å². The molecule has 0 bridgehead atoms. The Balaban J connectivity index is 1.68. The molecule has 5 heteroatoms. The molecule has 4 nitrogen and oxygen atoms in total. The van der Waals surface area contributed by atoms with Gasteiger partial charge in [-0.05, 0) is 48.4 Å². The van der Waals surface area contributed by atoms with Gasteiger partial charge >= 0.3 is 0 Å². The molecule has 0 saturated heterocycles. The average Bonchev–Trinajstić information content (AvgIpc) is 2.74. The number of rotatable bonds is 9. The lowest BCUT2D eigenvalue weighted by Crippen LogP contribution is -2.14. The second-order valence-electron chi connectivity index (χ2n) is 6.95. The molecule has 0 aliphatic rings. The lowest BCUT2D eigenvalue weighted by molar-refractivity contribution is 0.102. The first-order valence-corrected chi connectivity index (χ1v) is 10.5. The van der Waals surface area contributed by atoms with E-state index in [4.69, 9.17) is 9.47 Å². The van der Waals surface area contributed by atoms with E-state index in [9.17, 15) is 4.79 Å². The van der Waals surface area contributed by atoms with Crippen molar-refractivity contribution in [3.8, 4) is 11.5 Å². The van der Waals surface area contributed by atoms with Crippen LogP contribution < -0.4 is 14.8 Å². The Morgan fingerprint density at radius 3 is 2.57 bits per heavy atom. The van der Waals surface area contributed by atoms with Crippen molar-refractivity contribution < 1.29 is 14.3 Å². The van der Waals surface area contributed by atoms with Crippen LogP contribution in [0.1, 0.15) is 22.8 Å². The topological polar surface area (TPSA) is 47.6 Å². The molecule has 0 spiro atoms. The normalized spacial score (nSPS) is 10.3. The molecule has 0 unspecified atom stereocenters. The molecule has 0 radical (unpaired) electrons. The molecule has 0 aliphatic carbocycles. The van der Waals surface area contributed by atoms with E-state index in [2.05, 4.69) is 40.0 Å². The fraction of sp³-hybridized carbons (Fsp3) is 0.160. The van der Waals surface area contributed by atoms with Crippen LogP contribution in [0.15, 0.2) is 89.4 Å². The van der Waals surface area contributed by atoms with Gasteiger partial charge in [0.05, 0.1) is 12.2 Å². The van der Waals surface area contributed by atoms with E-state index in [0.29, 0.717) is 36.0 Å². The van der Waals surface area contributed by atoms with Crippen molar-refractivity contribution >= 4 is 27.5 Å². The number of carbonyl (C=O) groups excluding carboxylic acids is 1. The zero-order chi connectivity index (χ0) is 21.3. The third-order valence-electron chi connectivity index (χ3n) is 4.25. The molecule has 30 heavy (non-hydrogen) atoms. The van der Waals surface area contributed by atoms with E-state index in [-0.39, 0.29) is 5.91 Å². The summed E-state index contributed by atoms with van der Waals surface area (Å²) in [6.45, 7) is 6.65. The minimum Gasteiger partial charge on any atom is -0.492 e. The van der Waals surface area contributed by atoms with Crippen LogP contribution in [0.5, 0.6) is 11.5 Å². The molecule has 0 aliphatic heterocycles. The molecule has 0 saturated carbocycles. The van der Waals surface area contributed by atoms with Crippen molar-refractivity contribution in [2.45, 2.75) is 13.3 Å². The number of carbonyl (C=O) groups is 1. The van der Waals surface area contributed by atoms with Crippen molar-refractivity contribution in [2.24, 2.45) is 0 Å². The van der Waals surface area contributed by atoms with Gasteiger partial charge in [0, 0.05) is 22.6 Å². The monoisotopic (exact) mass is 465 g/mol.